The predicted molar refractivity (Wildman–Crippen MR) is 81.8 cm³/mol. The molecule has 0 aliphatic heterocycles. The number of aromatic amines is 1. The first-order chi connectivity index (χ1) is 9.60. The first kappa shape index (κ1) is 17.0. The van der Waals surface area contributed by atoms with Crippen molar-refractivity contribution in [1.82, 2.24) is 15.2 Å². The fraction of sp³-hybridized carbons (Fsp3) is 0.571. The summed E-state index contributed by atoms with van der Waals surface area (Å²) in [6.45, 7) is 7.16. The fourth-order valence-electron chi connectivity index (χ4n) is 2.25. The highest BCUT2D eigenvalue weighted by Gasteiger charge is 2.21. The molecule has 0 radical (unpaired) electrons. The van der Waals surface area contributed by atoms with Gasteiger partial charge in [0.1, 0.15) is 5.69 Å². The van der Waals surface area contributed by atoms with E-state index in [9.17, 15) is 9.59 Å². The van der Waals surface area contributed by atoms with Gasteiger partial charge in [0.25, 0.3) is 0 Å². The van der Waals surface area contributed by atoms with Crippen molar-refractivity contribution < 1.29 is 14.7 Å². The van der Waals surface area contributed by atoms with Crippen molar-refractivity contribution in [2.75, 3.05) is 32.5 Å². The van der Waals surface area contributed by atoms with Crippen LogP contribution in [-0.2, 0) is 0 Å². The van der Waals surface area contributed by atoms with E-state index < -0.39 is 12.0 Å². The second kappa shape index (κ2) is 6.62. The maximum atomic E-state index is 11.9. The lowest BCUT2D eigenvalue weighted by Gasteiger charge is -2.28. The average molecular weight is 296 g/mol. The van der Waals surface area contributed by atoms with Crippen LogP contribution >= 0.6 is 0 Å². The summed E-state index contributed by atoms with van der Waals surface area (Å²) in [6.07, 6.45) is 0. The van der Waals surface area contributed by atoms with E-state index in [1.54, 1.807) is 13.0 Å². The molecule has 1 aromatic rings. The largest absolute Gasteiger partial charge is 0.477 e. The number of carboxylic acids is 1. The van der Waals surface area contributed by atoms with Gasteiger partial charge >= 0.3 is 12.0 Å². The van der Waals surface area contributed by atoms with Crippen LogP contribution in [0.15, 0.2) is 6.07 Å². The molecule has 2 amide bonds. The smallest absolute Gasteiger partial charge is 0.354 e. The van der Waals surface area contributed by atoms with Gasteiger partial charge in [-0.3, -0.25) is 0 Å². The molecule has 1 rings (SSSR count). The number of aryl methyl sites for hydroxylation is 1. The Bertz CT molecular complexity index is 520. The summed E-state index contributed by atoms with van der Waals surface area (Å²) in [7, 11) is 3.95. The van der Waals surface area contributed by atoms with E-state index in [0.717, 1.165) is 6.54 Å². The molecule has 0 aliphatic carbocycles. The molecule has 1 aromatic heterocycles. The average Bonchev–Trinajstić information content (AvgIpc) is 2.66. The Kier molecular flexibility index (Phi) is 5.37. The number of aromatic carboxylic acids is 1. The van der Waals surface area contributed by atoms with Gasteiger partial charge in [0.2, 0.25) is 0 Å². The number of carboxylic acid groups (broad SMARTS) is 1. The molecule has 0 aliphatic rings. The molecule has 118 valence electrons. The van der Waals surface area contributed by atoms with Crippen LogP contribution in [0, 0.1) is 12.3 Å². The Morgan fingerprint density at radius 2 is 2.00 bits per heavy atom. The molecule has 0 unspecified atom stereocenters. The Hall–Kier alpha value is -2.02. The van der Waals surface area contributed by atoms with Crippen LogP contribution in [0.25, 0.3) is 0 Å². The number of rotatable bonds is 6. The van der Waals surface area contributed by atoms with Crippen LogP contribution in [0.4, 0.5) is 10.5 Å². The standard InChI is InChI=1S/C14H24N4O3/c1-9-6-10(11(16-9)12(19)20)17-13(21)15-7-14(2,3)8-18(4)5/h6,16H,7-8H2,1-5H3,(H,19,20)(H2,15,17,21). The Balaban J connectivity index is 2.61. The topological polar surface area (TPSA) is 97.5 Å². The van der Waals surface area contributed by atoms with Gasteiger partial charge in [-0.1, -0.05) is 13.8 Å². The molecular formula is C14H24N4O3. The molecule has 1 heterocycles. The van der Waals surface area contributed by atoms with E-state index in [1.165, 1.54) is 0 Å². The van der Waals surface area contributed by atoms with Crippen molar-refractivity contribution in [2.24, 2.45) is 5.41 Å². The minimum absolute atomic E-state index is 0.0183. The van der Waals surface area contributed by atoms with Gasteiger partial charge in [0.15, 0.2) is 0 Å². The normalized spacial score (nSPS) is 11.5. The minimum Gasteiger partial charge on any atom is -0.477 e. The Labute approximate surface area is 124 Å². The second-order valence-electron chi connectivity index (χ2n) is 6.26. The van der Waals surface area contributed by atoms with E-state index in [4.69, 9.17) is 5.11 Å². The van der Waals surface area contributed by atoms with Crippen molar-refractivity contribution in [3.05, 3.63) is 17.5 Å². The lowest BCUT2D eigenvalue weighted by molar-refractivity contribution is 0.0692. The predicted octanol–water partition coefficient (Wildman–Crippen LogP) is 1.73. The lowest BCUT2D eigenvalue weighted by Crippen LogP contribution is -2.41. The quantitative estimate of drug-likeness (QED) is 0.642. The van der Waals surface area contributed by atoms with Crippen LogP contribution in [0.1, 0.15) is 30.0 Å². The van der Waals surface area contributed by atoms with Crippen LogP contribution < -0.4 is 10.6 Å². The zero-order valence-corrected chi connectivity index (χ0v) is 13.2. The monoisotopic (exact) mass is 296 g/mol. The van der Waals surface area contributed by atoms with Crippen molar-refractivity contribution >= 4 is 17.7 Å². The van der Waals surface area contributed by atoms with Gasteiger partial charge in [-0.2, -0.15) is 0 Å². The number of H-pyrrole nitrogens is 1. The molecule has 0 spiro atoms. The maximum Gasteiger partial charge on any atom is 0.354 e. The third kappa shape index (κ3) is 5.47. The van der Waals surface area contributed by atoms with Crippen LogP contribution in [-0.4, -0.2) is 54.2 Å². The van der Waals surface area contributed by atoms with Crippen molar-refractivity contribution in [1.29, 1.82) is 0 Å². The third-order valence-electron chi connectivity index (χ3n) is 2.89. The number of carbonyl (C=O) groups excluding carboxylic acids is 1. The molecular weight excluding hydrogens is 272 g/mol. The second-order valence-corrected chi connectivity index (χ2v) is 6.26. The van der Waals surface area contributed by atoms with Gasteiger partial charge in [-0.15, -0.1) is 0 Å². The first-order valence-corrected chi connectivity index (χ1v) is 6.73. The highest BCUT2D eigenvalue weighted by atomic mass is 16.4. The molecule has 4 N–H and O–H groups in total. The molecule has 21 heavy (non-hydrogen) atoms. The summed E-state index contributed by atoms with van der Waals surface area (Å²) in [6, 6.07) is 1.18. The molecule has 0 atom stereocenters. The number of anilines is 1. The number of urea groups is 1. The van der Waals surface area contributed by atoms with Crippen LogP contribution in [0.3, 0.4) is 0 Å². The van der Waals surface area contributed by atoms with Crippen molar-refractivity contribution in [3.8, 4) is 0 Å². The number of hydrogen-bond acceptors (Lipinski definition) is 3. The SMILES string of the molecule is Cc1cc(NC(=O)NCC(C)(C)CN(C)C)c(C(=O)O)[nH]1. The summed E-state index contributed by atoms with van der Waals surface area (Å²) in [4.78, 5) is 27.7. The lowest BCUT2D eigenvalue weighted by atomic mass is 9.93. The summed E-state index contributed by atoms with van der Waals surface area (Å²) in [5, 5.41) is 14.4. The van der Waals surface area contributed by atoms with Gasteiger partial charge in [0.05, 0.1) is 5.69 Å². The molecule has 0 saturated heterocycles. The van der Waals surface area contributed by atoms with Gasteiger partial charge in [-0.05, 0) is 32.5 Å². The van der Waals surface area contributed by atoms with E-state index >= 15 is 0 Å². The number of aromatic nitrogens is 1. The number of hydrogen-bond donors (Lipinski definition) is 4. The first-order valence-electron chi connectivity index (χ1n) is 6.73. The van der Waals surface area contributed by atoms with E-state index in [2.05, 4.69) is 34.4 Å². The van der Waals surface area contributed by atoms with Crippen LogP contribution in [0.2, 0.25) is 0 Å². The molecule has 0 aromatic carbocycles. The minimum atomic E-state index is -1.11. The summed E-state index contributed by atoms with van der Waals surface area (Å²) < 4.78 is 0. The van der Waals surface area contributed by atoms with E-state index in [1.807, 2.05) is 14.1 Å². The Morgan fingerprint density at radius 3 is 2.52 bits per heavy atom. The highest BCUT2D eigenvalue weighted by molar-refractivity contribution is 5.99. The maximum absolute atomic E-state index is 11.9. The third-order valence-corrected chi connectivity index (χ3v) is 2.89. The molecule has 0 saturated carbocycles. The molecule has 7 nitrogen and oxygen atoms in total. The zero-order chi connectivity index (χ0) is 16.2. The number of nitrogens with one attached hydrogen (secondary N) is 3. The zero-order valence-electron chi connectivity index (χ0n) is 13.2. The summed E-state index contributed by atoms with van der Waals surface area (Å²) >= 11 is 0. The van der Waals surface area contributed by atoms with Gasteiger partial charge in [0, 0.05) is 18.8 Å². The number of amides is 2. The van der Waals surface area contributed by atoms with E-state index in [0.29, 0.717) is 12.2 Å². The number of nitrogens with zero attached hydrogens (tertiary/aromatic N) is 1. The van der Waals surface area contributed by atoms with Gasteiger partial charge < -0.3 is 25.6 Å². The summed E-state index contributed by atoms with van der Waals surface area (Å²) in [5.74, 6) is -1.11. The van der Waals surface area contributed by atoms with Crippen molar-refractivity contribution in [3.63, 3.8) is 0 Å². The Morgan fingerprint density at radius 1 is 1.38 bits per heavy atom. The summed E-state index contributed by atoms with van der Waals surface area (Å²) in [5.41, 5.74) is 0.846. The fourth-order valence-corrected chi connectivity index (χ4v) is 2.25. The van der Waals surface area contributed by atoms with E-state index in [-0.39, 0.29) is 16.8 Å². The molecule has 7 heteroatoms. The molecule has 0 fully saturated rings. The van der Waals surface area contributed by atoms with Crippen molar-refractivity contribution in [2.45, 2.75) is 20.8 Å². The van der Waals surface area contributed by atoms with Crippen LogP contribution in [0.5, 0.6) is 0 Å². The number of carbonyl (C=O) groups is 2. The highest BCUT2D eigenvalue weighted by Crippen LogP contribution is 2.17. The molecule has 0 bridgehead atoms. The van der Waals surface area contributed by atoms with Gasteiger partial charge in [-0.25, -0.2) is 9.59 Å².